The van der Waals surface area contributed by atoms with E-state index < -0.39 is 0 Å². The molecule has 25 heavy (non-hydrogen) atoms. The first kappa shape index (κ1) is 21.7. The highest BCUT2D eigenvalue weighted by Crippen LogP contribution is 2.40. The van der Waals surface area contributed by atoms with E-state index in [-0.39, 0.29) is 12.5 Å². The summed E-state index contributed by atoms with van der Waals surface area (Å²) in [5.74, 6) is 0.773. The smallest absolute Gasteiger partial charge is 0.243 e. The Bertz CT molecular complexity index is 404. The maximum atomic E-state index is 11.8. The molecule has 1 aliphatic rings. The van der Waals surface area contributed by atoms with Gasteiger partial charge in [0.15, 0.2) is 5.96 Å². The summed E-state index contributed by atoms with van der Waals surface area (Å²) in [6.07, 6.45) is 8.39. The van der Waals surface area contributed by atoms with Crippen LogP contribution in [0.2, 0.25) is 0 Å². The van der Waals surface area contributed by atoms with E-state index in [0.29, 0.717) is 5.41 Å². The zero-order chi connectivity index (χ0) is 18.5. The van der Waals surface area contributed by atoms with Gasteiger partial charge in [-0.1, -0.05) is 26.2 Å². The van der Waals surface area contributed by atoms with Crippen molar-refractivity contribution in [3.05, 3.63) is 0 Å². The van der Waals surface area contributed by atoms with Crippen molar-refractivity contribution in [2.45, 2.75) is 58.8 Å². The Morgan fingerprint density at radius 2 is 1.92 bits per heavy atom. The van der Waals surface area contributed by atoms with Crippen LogP contribution in [-0.4, -0.2) is 63.7 Å². The fourth-order valence-electron chi connectivity index (χ4n) is 3.19. The third-order valence-corrected chi connectivity index (χ3v) is 4.97. The Kier molecular flexibility index (Phi) is 10.5. The highest BCUT2D eigenvalue weighted by molar-refractivity contribution is 5.84. The highest BCUT2D eigenvalue weighted by Gasteiger charge is 2.33. The second kappa shape index (κ2) is 12.1. The van der Waals surface area contributed by atoms with Crippen molar-refractivity contribution < 1.29 is 9.53 Å². The lowest BCUT2D eigenvalue weighted by Crippen LogP contribution is -2.44. The second-order valence-corrected chi connectivity index (χ2v) is 7.24. The number of guanidine groups is 1. The van der Waals surface area contributed by atoms with Crippen molar-refractivity contribution in [3.63, 3.8) is 0 Å². The molecule has 6 heteroatoms. The van der Waals surface area contributed by atoms with Gasteiger partial charge in [-0.15, -0.1) is 0 Å². The van der Waals surface area contributed by atoms with E-state index in [4.69, 9.17) is 4.74 Å². The Labute approximate surface area is 153 Å². The maximum absolute atomic E-state index is 11.8. The van der Waals surface area contributed by atoms with Crippen LogP contribution in [0.5, 0.6) is 0 Å². The molecule has 0 aliphatic heterocycles. The van der Waals surface area contributed by atoms with E-state index in [1.165, 1.54) is 25.7 Å². The Morgan fingerprint density at radius 3 is 2.52 bits per heavy atom. The number of ether oxygens (including phenoxy) is 1. The van der Waals surface area contributed by atoms with E-state index in [9.17, 15) is 4.79 Å². The molecule has 0 bridgehead atoms. The molecule has 1 fully saturated rings. The van der Waals surface area contributed by atoms with Crippen LogP contribution in [0.4, 0.5) is 0 Å². The quantitative estimate of drug-likeness (QED) is 0.340. The monoisotopic (exact) mass is 354 g/mol. The molecule has 0 radical (unpaired) electrons. The molecule has 1 aliphatic carbocycles. The standard InChI is InChI=1S/C19H38N4O2/c1-5-7-13-20-18(21-15-17(24)23(3)4)22-16-19(10-8-9-11-19)12-14-25-6-2/h5-16H2,1-4H3,(H2,20,21,22). The van der Waals surface area contributed by atoms with E-state index in [1.807, 2.05) is 6.92 Å². The average Bonchev–Trinajstić information content (AvgIpc) is 3.06. The van der Waals surface area contributed by atoms with Crippen molar-refractivity contribution in [2.24, 2.45) is 10.4 Å². The van der Waals surface area contributed by atoms with E-state index in [1.54, 1.807) is 19.0 Å². The Hall–Kier alpha value is -1.30. The van der Waals surface area contributed by atoms with Crippen molar-refractivity contribution in [3.8, 4) is 0 Å². The molecule has 0 spiro atoms. The SMILES string of the molecule is CCCCNC(=NCC(=O)N(C)C)NCC1(CCOCC)CCCC1. The summed E-state index contributed by atoms with van der Waals surface area (Å²) in [5.41, 5.74) is 0.300. The third-order valence-electron chi connectivity index (χ3n) is 4.97. The number of rotatable bonds is 11. The number of hydrogen-bond donors (Lipinski definition) is 2. The summed E-state index contributed by atoms with van der Waals surface area (Å²) in [5, 5.41) is 6.86. The summed E-state index contributed by atoms with van der Waals surface area (Å²) in [6, 6.07) is 0. The molecule has 0 saturated heterocycles. The molecule has 0 aromatic rings. The van der Waals surface area contributed by atoms with Crippen LogP contribution in [0.3, 0.4) is 0 Å². The predicted molar refractivity (Wildman–Crippen MR) is 104 cm³/mol. The van der Waals surface area contributed by atoms with Gasteiger partial charge in [0.25, 0.3) is 0 Å². The number of unbranched alkanes of at least 4 members (excludes halogenated alkanes) is 1. The molecule has 0 atom stereocenters. The molecule has 0 aromatic carbocycles. The first-order valence-electron chi connectivity index (χ1n) is 9.83. The van der Waals surface area contributed by atoms with E-state index in [0.717, 1.165) is 51.5 Å². The van der Waals surface area contributed by atoms with Gasteiger partial charge in [0, 0.05) is 40.4 Å². The van der Waals surface area contributed by atoms with Gasteiger partial charge in [-0.05, 0) is 38.0 Å². The minimum absolute atomic E-state index is 0.0171. The number of carbonyl (C=O) groups is 1. The molecule has 0 heterocycles. The van der Waals surface area contributed by atoms with Gasteiger partial charge in [-0.25, -0.2) is 4.99 Å². The van der Waals surface area contributed by atoms with Crippen LogP contribution in [0, 0.1) is 5.41 Å². The van der Waals surface area contributed by atoms with Gasteiger partial charge in [0.2, 0.25) is 5.91 Å². The van der Waals surface area contributed by atoms with Gasteiger partial charge >= 0.3 is 0 Å². The van der Waals surface area contributed by atoms with Crippen molar-refractivity contribution in [2.75, 3.05) is 46.9 Å². The lowest BCUT2D eigenvalue weighted by Gasteiger charge is -2.30. The van der Waals surface area contributed by atoms with Gasteiger partial charge in [-0.2, -0.15) is 0 Å². The zero-order valence-electron chi connectivity index (χ0n) is 16.7. The highest BCUT2D eigenvalue weighted by atomic mass is 16.5. The predicted octanol–water partition coefficient (Wildman–Crippen LogP) is 2.40. The van der Waals surface area contributed by atoms with Gasteiger partial charge < -0.3 is 20.3 Å². The molecule has 6 nitrogen and oxygen atoms in total. The average molecular weight is 355 g/mol. The van der Waals surface area contributed by atoms with E-state index >= 15 is 0 Å². The van der Waals surface area contributed by atoms with Crippen LogP contribution in [0.25, 0.3) is 0 Å². The van der Waals surface area contributed by atoms with Crippen molar-refractivity contribution in [1.82, 2.24) is 15.5 Å². The fraction of sp³-hybridized carbons (Fsp3) is 0.895. The largest absolute Gasteiger partial charge is 0.382 e. The number of nitrogens with one attached hydrogen (secondary N) is 2. The molecular formula is C19H38N4O2. The van der Waals surface area contributed by atoms with Crippen molar-refractivity contribution >= 4 is 11.9 Å². The number of aliphatic imine (C=N–C) groups is 1. The van der Waals surface area contributed by atoms with Gasteiger partial charge in [0.1, 0.15) is 6.54 Å². The molecule has 1 saturated carbocycles. The maximum Gasteiger partial charge on any atom is 0.243 e. The number of likely N-dealkylation sites (N-methyl/N-ethyl adjacent to an activating group) is 1. The van der Waals surface area contributed by atoms with Crippen molar-refractivity contribution in [1.29, 1.82) is 0 Å². The van der Waals surface area contributed by atoms with Crippen LogP contribution >= 0.6 is 0 Å². The van der Waals surface area contributed by atoms with Crippen LogP contribution in [-0.2, 0) is 9.53 Å². The summed E-state index contributed by atoms with van der Waals surface area (Å²) in [6.45, 7) is 7.78. The Balaban J connectivity index is 2.60. The van der Waals surface area contributed by atoms with Crippen LogP contribution in [0.1, 0.15) is 58.8 Å². The Morgan fingerprint density at radius 1 is 1.20 bits per heavy atom. The lowest BCUT2D eigenvalue weighted by atomic mass is 9.83. The first-order chi connectivity index (χ1) is 12.0. The summed E-state index contributed by atoms with van der Waals surface area (Å²) in [7, 11) is 3.52. The minimum Gasteiger partial charge on any atom is -0.382 e. The van der Waals surface area contributed by atoms with Crippen LogP contribution < -0.4 is 10.6 Å². The number of carbonyl (C=O) groups excluding carboxylic acids is 1. The molecule has 146 valence electrons. The fourth-order valence-corrected chi connectivity index (χ4v) is 3.19. The molecule has 1 rings (SSSR count). The summed E-state index contributed by atoms with van der Waals surface area (Å²) in [4.78, 5) is 17.9. The van der Waals surface area contributed by atoms with Gasteiger partial charge in [0.05, 0.1) is 0 Å². The molecule has 2 N–H and O–H groups in total. The molecule has 0 aromatic heterocycles. The summed E-state index contributed by atoms with van der Waals surface area (Å²) < 4.78 is 5.59. The van der Waals surface area contributed by atoms with Crippen LogP contribution in [0.15, 0.2) is 4.99 Å². The number of amides is 1. The second-order valence-electron chi connectivity index (χ2n) is 7.24. The number of nitrogens with zero attached hydrogens (tertiary/aromatic N) is 2. The topological polar surface area (TPSA) is 66.0 Å². The minimum atomic E-state index is 0.0171. The number of hydrogen-bond acceptors (Lipinski definition) is 3. The normalized spacial score (nSPS) is 16.7. The first-order valence-corrected chi connectivity index (χ1v) is 9.83. The molecular weight excluding hydrogens is 316 g/mol. The zero-order valence-corrected chi connectivity index (χ0v) is 16.7. The molecule has 1 amide bonds. The molecule has 0 unspecified atom stereocenters. The third kappa shape index (κ3) is 8.56. The summed E-state index contributed by atoms with van der Waals surface area (Å²) >= 11 is 0. The van der Waals surface area contributed by atoms with E-state index in [2.05, 4.69) is 22.5 Å². The van der Waals surface area contributed by atoms with Gasteiger partial charge in [-0.3, -0.25) is 4.79 Å². The lowest BCUT2D eigenvalue weighted by molar-refractivity contribution is -0.127.